The van der Waals surface area contributed by atoms with Crippen LogP contribution in [0.1, 0.15) is 24.3 Å². The van der Waals surface area contributed by atoms with Crippen LogP contribution in [0.2, 0.25) is 0 Å². The van der Waals surface area contributed by atoms with Crippen LogP contribution in [-0.2, 0) is 0 Å². The van der Waals surface area contributed by atoms with E-state index in [2.05, 4.69) is 23.3 Å². The third-order valence-electron chi connectivity index (χ3n) is 3.72. The summed E-state index contributed by atoms with van der Waals surface area (Å²) in [6.45, 7) is 2.99. The summed E-state index contributed by atoms with van der Waals surface area (Å²) in [5.41, 5.74) is 1.12. The second kappa shape index (κ2) is 6.53. The molecule has 2 rings (SSSR count). The van der Waals surface area contributed by atoms with Crippen molar-refractivity contribution >= 4 is 0 Å². The molecule has 0 bridgehead atoms. The summed E-state index contributed by atoms with van der Waals surface area (Å²) in [6.07, 6.45) is 2.47. The summed E-state index contributed by atoms with van der Waals surface area (Å²) in [4.78, 5) is 2.33. The Hall–Kier alpha value is -1.37. The average Bonchev–Trinajstić information content (AvgIpc) is 2.46. The number of nitrogens with one attached hydrogen (secondary N) is 1. The summed E-state index contributed by atoms with van der Waals surface area (Å²) in [5.74, 6) is -0.0295. The van der Waals surface area contributed by atoms with Crippen LogP contribution in [0.4, 0.5) is 0 Å². The predicted octanol–water partition coefficient (Wildman–Crippen LogP) is 1.98. The number of nitrogens with zero attached hydrogens (tertiary/aromatic N) is 2. The number of benzene rings is 1. The molecule has 0 aromatic heterocycles. The van der Waals surface area contributed by atoms with Gasteiger partial charge in [0.15, 0.2) is 0 Å². The van der Waals surface area contributed by atoms with Gasteiger partial charge in [0.05, 0.1) is 12.0 Å². The Morgan fingerprint density at radius 3 is 2.83 bits per heavy atom. The van der Waals surface area contributed by atoms with Crippen LogP contribution < -0.4 is 5.32 Å². The maximum absolute atomic E-state index is 9.33. The summed E-state index contributed by atoms with van der Waals surface area (Å²) in [6, 6.07) is 13.1. The van der Waals surface area contributed by atoms with E-state index in [9.17, 15) is 5.26 Å². The lowest BCUT2D eigenvalue weighted by molar-refractivity contribution is 0.200. The first-order valence-electron chi connectivity index (χ1n) is 6.67. The minimum absolute atomic E-state index is 0.0295. The Labute approximate surface area is 109 Å². The van der Waals surface area contributed by atoms with E-state index >= 15 is 0 Å². The first-order valence-corrected chi connectivity index (χ1v) is 6.67. The van der Waals surface area contributed by atoms with E-state index in [1.165, 1.54) is 12.8 Å². The molecule has 18 heavy (non-hydrogen) atoms. The van der Waals surface area contributed by atoms with Gasteiger partial charge in [0, 0.05) is 19.1 Å². The maximum Gasteiger partial charge on any atom is 0.0839 e. The van der Waals surface area contributed by atoms with E-state index in [-0.39, 0.29) is 5.92 Å². The standard InChI is InChI=1S/C15H21N3/c1-18(15-8-5-9-17-11-15)12-14(10-16)13-6-3-2-4-7-13/h2-4,6-7,14-15,17H,5,8-9,11-12H2,1H3. The molecule has 2 unspecified atom stereocenters. The van der Waals surface area contributed by atoms with Crippen molar-refractivity contribution < 1.29 is 0 Å². The van der Waals surface area contributed by atoms with Crippen molar-refractivity contribution in [1.29, 1.82) is 5.26 Å². The molecule has 0 radical (unpaired) electrons. The third-order valence-corrected chi connectivity index (χ3v) is 3.72. The molecular weight excluding hydrogens is 222 g/mol. The normalized spacial score (nSPS) is 21.5. The molecule has 1 fully saturated rings. The van der Waals surface area contributed by atoms with E-state index in [1.807, 2.05) is 30.3 Å². The minimum Gasteiger partial charge on any atom is -0.315 e. The Bertz CT molecular complexity index is 390. The van der Waals surface area contributed by atoms with Gasteiger partial charge in [-0.05, 0) is 32.0 Å². The van der Waals surface area contributed by atoms with Gasteiger partial charge in [-0.2, -0.15) is 5.26 Å². The summed E-state index contributed by atoms with van der Waals surface area (Å²) >= 11 is 0. The van der Waals surface area contributed by atoms with Crippen molar-refractivity contribution in [2.75, 3.05) is 26.7 Å². The molecular formula is C15H21N3. The molecule has 3 nitrogen and oxygen atoms in total. The van der Waals surface area contributed by atoms with Gasteiger partial charge in [-0.15, -0.1) is 0 Å². The molecule has 1 aromatic carbocycles. The molecule has 1 saturated heterocycles. The largest absolute Gasteiger partial charge is 0.315 e. The monoisotopic (exact) mass is 243 g/mol. The van der Waals surface area contributed by atoms with Crippen LogP contribution in [0.5, 0.6) is 0 Å². The molecule has 0 aliphatic carbocycles. The van der Waals surface area contributed by atoms with Crippen molar-refractivity contribution in [2.24, 2.45) is 0 Å². The van der Waals surface area contributed by atoms with Gasteiger partial charge in [0.2, 0.25) is 0 Å². The van der Waals surface area contributed by atoms with Crippen molar-refractivity contribution in [3.63, 3.8) is 0 Å². The molecule has 1 aliphatic rings. The Balaban J connectivity index is 1.96. The van der Waals surface area contributed by atoms with Gasteiger partial charge >= 0.3 is 0 Å². The van der Waals surface area contributed by atoms with Crippen LogP contribution in [0.3, 0.4) is 0 Å². The number of hydrogen-bond donors (Lipinski definition) is 1. The summed E-state index contributed by atoms with van der Waals surface area (Å²) < 4.78 is 0. The fourth-order valence-electron chi connectivity index (χ4n) is 2.55. The van der Waals surface area contributed by atoms with Crippen LogP contribution in [-0.4, -0.2) is 37.6 Å². The predicted molar refractivity (Wildman–Crippen MR) is 73.3 cm³/mol. The van der Waals surface area contributed by atoms with Gasteiger partial charge in [-0.1, -0.05) is 30.3 Å². The van der Waals surface area contributed by atoms with Gasteiger partial charge in [-0.25, -0.2) is 0 Å². The zero-order valence-corrected chi connectivity index (χ0v) is 11.0. The number of nitriles is 1. The lowest BCUT2D eigenvalue weighted by Crippen LogP contribution is -2.45. The average molecular weight is 243 g/mol. The molecule has 1 N–H and O–H groups in total. The SMILES string of the molecule is CN(CC(C#N)c1ccccc1)C1CCCNC1. The Kier molecular flexibility index (Phi) is 4.74. The highest BCUT2D eigenvalue weighted by atomic mass is 15.2. The van der Waals surface area contributed by atoms with Crippen molar-refractivity contribution in [2.45, 2.75) is 24.8 Å². The van der Waals surface area contributed by atoms with Gasteiger partial charge in [-0.3, -0.25) is 0 Å². The molecule has 0 saturated carbocycles. The second-order valence-electron chi connectivity index (χ2n) is 5.03. The molecule has 0 spiro atoms. The highest BCUT2D eigenvalue weighted by molar-refractivity contribution is 5.25. The van der Waals surface area contributed by atoms with Gasteiger partial charge in [0.1, 0.15) is 0 Å². The fourth-order valence-corrected chi connectivity index (χ4v) is 2.55. The number of piperidine rings is 1. The number of rotatable bonds is 4. The third kappa shape index (κ3) is 3.32. The first kappa shape index (κ1) is 13.1. The Morgan fingerprint density at radius 1 is 1.44 bits per heavy atom. The van der Waals surface area contributed by atoms with Crippen molar-refractivity contribution in [3.05, 3.63) is 35.9 Å². The first-order chi connectivity index (χ1) is 8.81. The van der Waals surface area contributed by atoms with Crippen LogP contribution >= 0.6 is 0 Å². The highest BCUT2D eigenvalue weighted by Gasteiger charge is 2.21. The Morgan fingerprint density at radius 2 is 2.22 bits per heavy atom. The number of hydrogen-bond acceptors (Lipinski definition) is 3. The zero-order valence-electron chi connectivity index (χ0n) is 11.0. The minimum atomic E-state index is -0.0295. The smallest absolute Gasteiger partial charge is 0.0839 e. The lowest BCUT2D eigenvalue weighted by atomic mass is 9.98. The summed E-state index contributed by atoms with van der Waals surface area (Å²) in [5, 5.41) is 12.8. The van der Waals surface area contributed by atoms with Crippen LogP contribution in [0.25, 0.3) is 0 Å². The van der Waals surface area contributed by atoms with Crippen LogP contribution in [0.15, 0.2) is 30.3 Å². The second-order valence-corrected chi connectivity index (χ2v) is 5.03. The molecule has 96 valence electrons. The molecule has 2 atom stereocenters. The zero-order chi connectivity index (χ0) is 12.8. The molecule has 3 heteroatoms. The van der Waals surface area contributed by atoms with Crippen molar-refractivity contribution in [3.8, 4) is 6.07 Å². The summed E-state index contributed by atoms with van der Waals surface area (Å²) in [7, 11) is 2.13. The van der Waals surface area contributed by atoms with E-state index in [0.29, 0.717) is 6.04 Å². The molecule has 0 amide bonds. The van der Waals surface area contributed by atoms with E-state index in [0.717, 1.165) is 25.2 Å². The molecule has 1 aliphatic heterocycles. The van der Waals surface area contributed by atoms with Crippen LogP contribution in [0, 0.1) is 11.3 Å². The van der Waals surface area contributed by atoms with E-state index in [1.54, 1.807) is 0 Å². The quantitative estimate of drug-likeness (QED) is 0.879. The molecule has 1 heterocycles. The molecule has 1 aromatic rings. The van der Waals surface area contributed by atoms with Gasteiger partial charge < -0.3 is 10.2 Å². The lowest BCUT2D eigenvalue weighted by Gasteiger charge is -2.32. The topological polar surface area (TPSA) is 39.1 Å². The van der Waals surface area contributed by atoms with Gasteiger partial charge in [0.25, 0.3) is 0 Å². The fraction of sp³-hybridized carbons (Fsp3) is 0.533. The number of likely N-dealkylation sites (N-methyl/N-ethyl adjacent to an activating group) is 1. The van der Waals surface area contributed by atoms with Crippen molar-refractivity contribution in [1.82, 2.24) is 10.2 Å². The highest BCUT2D eigenvalue weighted by Crippen LogP contribution is 2.18. The van der Waals surface area contributed by atoms with E-state index in [4.69, 9.17) is 0 Å². The van der Waals surface area contributed by atoms with E-state index < -0.39 is 0 Å². The maximum atomic E-state index is 9.33.